The second-order valence-corrected chi connectivity index (χ2v) is 9.50. The predicted octanol–water partition coefficient (Wildman–Crippen LogP) is 5.97. The number of hydrogen-bond acceptors (Lipinski definition) is 5. The van der Waals surface area contributed by atoms with Crippen molar-refractivity contribution >= 4 is 44.9 Å². The Morgan fingerprint density at radius 2 is 1.71 bits per heavy atom. The topological polar surface area (TPSA) is 97.3 Å². The van der Waals surface area contributed by atoms with E-state index in [1.807, 2.05) is 36.4 Å². The maximum atomic E-state index is 13.7. The largest absolute Gasteiger partial charge is 0.495 e. The molecule has 0 radical (unpaired) electrons. The molecule has 1 aliphatic heterocycles. The van der Waals surface area contributed by atoms with Gasteiger partial charge in [-0.15, -0.1) is 0 Å². The summed E-state index contributed by atoms with van der Waals surface area (Å²) in [6.45, 7) is 1.78. The van der Waals surface area contributed by atoms with Gasteiger partial charge in [-0.2, -0.15) is 5.10 Å². The van der Waals surface area contributed by atoms with Crippen LogP contribution in [0.25, 0.3) is 0 Å². The van der Waals surface area contributed by atoms with Gasteiger partial charge in [-0.3, -0.25) is 9.59 Å². The monoisotopic (exact) mass is 575 g/mol. The lowest BCUT2D eigenvalue weighted by atomic mass is 9.94. The third-order valence-corrected chi connectivity index (χ3v) is 6.68. The van der Waals surface area contributed by atoms with Crippen LogP contribution in [0.4, 0.5) is 21.6 Å². The Kier molecular flexibility index (Phi) is 6.97. The summed E-state index contributed by atoms with van der Waals surface area (Å²) in [5.41, 5.74) is 3.05. The number of rotatable bonds is 6. The van der Waals surface area contributed by atoms with E-state index in [2.05, 4.69) is 37.0 Å². The minimum atomic E-state index is -0.624. The molecule has 192 valence electrons. The van der Waals surface area contributed by atoms with Crippen molar-refractivity contribution in [3.8, 4) is 5.75 Å². The smallest absolute Gasteiger partial charge is 0.261 e. The highest BCUT2D eigenvalue weighted by Gasteiger charge is 2.35. The second kappa shape index (κ2) is 10.5. The average Bonchev–Trinajstić information content (AvgIpc) is 3.33. The molecule has 10 heteroatoms. The first-order valence-corrected chi connectivity index (χ1v) is 12.5. The SMILES string of the molecule is COc1ccccc1NC(=O)C1=C(C)Nc2c(C(=O)Nc3ccc(F)cc3)cnn2[C@@H]1c1ccc(Br)cc1. The molecule has 3 aromatic carbocycles. The Morgan fingerprint density at radius 3 is 2.42 bits per heavy atom. The van der Waals surface area contributed by atoms with Crippen LogP contribution in [0.15, 0.2) is 94.7 Å². The van der Waals surface area contributed by atoms with Crippen LogP contribution in [-0.2, 0) is 4.79 Å². The molecule has 0 bridgehead atoms. The molecule has 0 fully saturated rings. The van der Waals surface area contributed by atoms with Crippen LogP contribution in [-0.4, -0.2) is 28.7 Å². The van der Waals surface area contributed by atoms with E-state index in [9.17, 15) is 14.0 Å². The first-order valence-electron chi connectivity index (χ1n) is 11.7. The Labute approximate surface area is 226 Å². The van der Waals surface area contributed by atoms with Crippen molar-refractivity contribution in [2.24, 2.45) is 0 Å². The average molecular weight is 576 g/mol. The van der Waals surface area contributed by atoms with Crippen LogP contribution in [0.3, 0.4) is 0 Å². The van der Waals surface area contributed by atoms with Gasteiger partial charge in [-0.25, -0.2) is 9.07 Å². The zero-order valence-corrected chi connectivity index (χ0v) is 22.0. The molecule has 1 aliphatic rings. The molecule has 8 nitrogen and oxygen atoms in total. The highest BCUT2D eigenvalue weighted by molar-refractivity contribution is 9.10. The lowest BCUT2D eigenvalue weighted by molar-refractivity contribution is -0.113. The fraction of sp³-hybridized carbons (Fsp3) is 0.107. The molecular weight excluding hydrogens is 553 g/mol. The van der Waals surface area contributed by atoms with Crippen LogP contribution in [0.5, 0.6) is 5.75 Å². The molecule has 0 spiro atoms. The lowest BCUT2D eigenvalue weighted by Gasteiger charge is -2.30. The Bertz CT molecular complexity index is 1550. The van der Waals surface area contributed by atoms with Crippen LogP contribution in [0.1, 0.15) is 28.9 Å². The van der Waals surface area contributed by atoms with Crippen LogP contribution < -0.4 is 20.7 Å². The molecule has 1 atom stereocenters. The second-order valence-electron chi connectivity index (χ2n) is 8.58. The number of para-hydroxylation sites is 2. The van der Waals surface area contributed by atoms with Gasteiger partial charge in [0.05, 0.1) is 24.6 Å². The number of benzene rings is 3. The molecule has 2 heterocycles. The van der Waals surface area contributed by atoms with E-state index in [1.165, 1.54) is 37.6 Å². The summed E-state index contributed by atoms with van der Waals surface area (Å²) in [5.74, 6) is -0.198. The number of hydrogen-bond donors (Lipinski definition) is 3. The number of ether oxygens (including phenoxy) is 1. The number of carbonyl (C=O) groups is 2. The van der Waals surface area contributed by atoms with Crippen molar-refractivity contribution in [3.63, 3.8) is 0 Å². The Morgan fingerprint density at radius 1 is 1.00 bits per heavy atom. The summed E-state index contributed by atoms with van der Waals surface area (Å²) >= 11 is 3.46. The van der Waals surface area contributed by atoms with Gasteiger partial charge >= 0.3 is 0 Å². The maximum absolute atomic E-state index is 13.7. The fourth-order valence-electron chi connectivity index (χ4n) is 4.34. The molecule has 0 aliphatic carbocycles. The molecule has 4 aromatic rings. The molecule has 3 N–H and O–H groups in total. The number of fused-ring (bicyclic) bond motifs is 1. The summed E-state index contributed by atoms with van der Waals surface area (Å²) < 4.78 is 21.2. The van der Waals surface area contributed by atoms with Gasteiger partial charge in [-0.1, -0.05) is 40.2 Å². The summed E-state index contributed by atoms with van der Waals surface area (Å²) in [4.78, 5) is 26.8. The molecule has 38 heavy (non-hydrogen) atoms. The highest BCUT2D eigenvalue weighted by Crippen LogP contribution is 2.38. The Balaban J connectivity index is 1.54. The zero-order chi connectivity index (χ0) is 26.8. The van der Waals surface area contributed by atoms with Gasteiger partial charge in [0.25, 0.3) is 11.8 Å². The molecule has 5 rings (SSSR count). The number of nitrogens with one attached hydrogen (secondary N) is 3. The van der Waals surface area contributed by atoms with E-state index in [0.29, 0.717) is 34.2 Å². The fourth-order valence-corrected chi connectivity index (χ4v) is 4.60. The standard InChI is InChI=1S/C28H23BrFN5O3/c1-16-24(28(37)34-22-5-3-4-6-23(22)38-2)25(17-7-9-18(29)10-8-17)35-26(32-16)21(15-31-35)27(36)33-20-13-11-19(30)12-14-20/h3-15,25,32H,1-2H3,(H,33,36)(H,34,37)/t25-/m1/s1. The number of allylic oxidation sites excluding steroid dienone is 1. The normalized spacial score (nSPS) is 14.4. The van der Waals surface area contributed by atoms with E-state index in [0.717, 1.165) is 10.0 Å². The van der Waals surface area contributed by atoms with E-state index < -0.39 is 17.8 Å². The molecule has 2 amide bonds. The number of carbonyl (C=O) groups excluding carboxylic acids is 2. The summed E-state index contributed by atoms with van der Waals surface area (Å²) in [5, 5.41) is 13.4. The van der Waals surface area contributed by atoms with Gasteiger partial charge in [-0.05, 0) is 61.0 Å². The number of anilines is 3. The summed E-state index contributed by atoms with van der Waals surface area (Å²) in [6, 6.07) is 19.6. The highest BCUT2D eigenvalue weighted by atomic mass is 79.9. The van der Waals surface area contributed by atoms with Crippen molar-refractivity contribution in [2.45, 2.75) is 13.0 Å². The van der Waals surface area contributed by atoms with E-state index in [1.54, 1.807) is 23.7 Å². The molecular formula is C28H23BrFN5O3. The van der Waals surface area contributed by atoms with E-state index in [4.69, 9.17) is 4.74 Å². The van der Waals surface area contributed by atoms with Gasteiger partial charge in [0.15, 0.2) is 0 Å². The lowest BCUT2D eigenvalue weighted by Crippen LogP contribution is -2.32. The van der Waals surface area contributed by atoms with Crippen molar-refractivity contribution in [2.75, 3.05) is 23.1 Å². The minimum Gasteiger partial charge on any atom is -0.495 e. The van der Waals surface area contributed by atoms with Crippen molar-refractivity contribution in [1.29, 1.82) is 0 Å². The van der Waals surface area contributed by atoms with E-state index >= 15 is 0 Å². The van der Waals surface area contributed by atoms with Crippen molar-refractivity contribution < 1.29 is 18.7 Å². The maximum Gasteiger partial charge on any atom is 0.261 e. The van der Waals surface area contributed by atoms with E-state index in [-0.39, 0.29) is 11.5 Å². The molecule has 0 saturated carbocycles. The third kappa shape index (κ3) is 4.90. The molecule has 1 aromatic heterocycles. The van der Waals surface area contributed by atoms with Crippen LogP contribution in [0, 0.1) is 5.82 Å². The third-order valence-electron chi connectivity index (χ3n) is 6.16. The zero-order valence-electron chi connectivity index (χ0n) is 20.5. The van der Waals surface area contributed by atoms with Gasteiger partial charge < -0.3 is 20.7 Å². The summed E-state index contributed by atoms with van der Waals surface area (Å²) in [6.07, 6.45) is 1.45. The quantitative estimate of drug-likeness (QED) is 0.263. The Hall–Kier alpha value is -4.44. The molecule has 0 unspecified atom stereocenters. The van der Waals surface area contributed by atoms with Gasteiger partial charge in [0.2, 0.25) is 0 Å². The summed E-state index contributed by atoms with van der Waals surface area (Å²) in [7, 11) is 1.54. The number of methoxy groups -OCH3 is 1. The number of halogens is 2. The number of aromatic nitrogens is 2. The van der Waals surface area contributed by atoms with Crippen molar-refractivity contribution in [3.05, 3.63) is 112 Å². The van der Waals surface area contributed by atoms with Crippen molar-refractivity contribution in [1.82, 2.24) is 9.78 Å². The minimum absolute atomic E-state index is 0.278. The van der Waals surface area contributed by atoms with Gasteiger partial charge in [0, 0.05) is 15.9 Å². The van der Waals surface area contributed by atoms with Crippen LogP contribution in [0.2, 0.25) is 0 Å². The predicted molar refractivity (Wildman–Crippen MR) is 147 cm³/mol. The first-order chi connectivity index (χ1) is 18.4. The van der Waals surface area contributed by atoms with Crippen LogP contribution >= 0.6 is 15.9 Å². The number of amides is 2. The number of nitrogens with zero attached hydrogens (tertiary/aromatic N) is 2. The van der Waals surface area contributed by atoms with Gasteiger partial charge in [0.1, 0.15) is 29.0 Å². The molecule has 0 saturated heterocycles. The first kappa shape index (κ1) is 25.2.